The van der Waals surface area contributed by atoms with E-state index < -0.39 is 10.0 Å². The van der Waals surface area contributed by atoms with Crippen molar-refractivity contribution in [1.82, 2.24) is 5.32 Å². The van der Waals surface area contributed by atoms with E-state index in [2.05, 4.69) is 5.32 Å². The maximum Gasteiger partial charge on any atom is 0.241 e. The Morgan fingerprint density at radius 1 is 1.11 bits per heavy atom. The summed E-state index contributed by atoms with van der Waals surface area (Å²) in [6, 6.07) is 10.7. The van der Waals surface area contributed by atoms with Crippen LogP contribution in [-0.2, 0) is 14.8 Å². The van der Waals surface area contributed by atoms with Crippen molar-refractivity contribution in [2.75, 3.05) is 17.1 Å². The molecule has 1 N–H and O–H groups in total. The lowest BCUT2D eigenvalue weighted by Gasteiger charge is -2.24. The Balaban J connectivity index is 2.21. The first kappa shape index (κ1) is 21.3. The third-order valence-electron chi connectivity index (χ3n) is 4.41. The van der Waals surface area contributed by atoms with Gasteiger partial charge in [0.1, 0.15) is 6.54 Å². The van der Waals surface area contributed by atoms with E-state index in [1.54, 1.807) is 18.2 Å². The predicted octanol–water partition coefficient (Wildman–Crippen LogP) is 3.91. The van der Waals surface area contributed by atoms with Crippen molar-refractivity contribution in [1.29, 1.82) is 0 Å². The number of nitrogens with zero attached hydrogens (tertiary/aromatic N) is 1. The Bertz CT molecular complexity index is 958. The van der Waals surface area contributed by atoms with Gasteiger partial charge in [0.2, 0.25) is 15.9 Å². The summed E-state index contributed by atoms with van der Waals surface area (Å²) < 4.78 is 25.5. The summed E-state index contributed by atoms with van der Waals surface area (Å²) in [5.74, 6) is -0.384. The van der Waals surface area contributed by atoms with E-state index in [-0.39, 0.29) is 18.5 Å². The maximum atomic E-state index is 12.6. The first-order valence-corrected chi connectivity index (χ1v) is 10.8. The molecule has 0 aliphatic rings. The standard InChI is InChI=1S/C20H25ClN2O3S/c1-13-6-7-14(2)18(10-13)16(4)22-20(24)12-23(27(5,25)26)17-9-8-15(3)19(21)11-17/h6-11,16H,12H2,1-5H3,(H,22,24)/t16-/m0/s1. The van der Waals surface area contributed by atoms with Crippen molar-refractivity contribution in [3.63, 3.8) is 0 Å². The molecule has 2 aromatic carbocycles. The molecule has 2 aromatic rings. The normalized spacial score (nSPS) is 12.5. The molecule has 5 nitrogen and oxygen atoms in total. The second kappa shape index (κ2) is 8.31. The molecular formula is C20H25ClN2O3S. The van der Waals surface area contributed by atoms with Crippen molar-refractivity contribution in [3.05, 3.63) is 63.7 Å². The van der Waals surface area contributed by atoms with Crippen molar-refractivity contribution >= 4 is 33.2 Å². The van der Waals surface area contributed by atoms with Crippen LogP contribution in [0, 0.1) is 20.8 Å². The topological polar surface area (TPSA) is 66.5 Å². The summed E-state index contributed by atoms with van der Waals surface area (Å²) in [7, 11) is -3.64. The minimum absolute atomic E-state index is 0.236. The van der Waals surface area contributed by atoms with E-state index in [1.165, 1.54) is 0 Å². The Kier molecular flexibility index (Phi) is 6.54. The van der Waals surface area contributed by atoms with Gasteiger partial charge in [-0.2, -0.15) is 0 Å². The third-order valence-corrected chi connectivity index (χ3v) is 5.96. The van der Waals surface area contributed by atoms with Crippen molar-refractivity contribution in [3.8, 4) is 0 Å². The van der Waals surface area contributed by atoms with E-state index >= 15 is 0 Å². The Morgan fingerprint density at radius 3 is 2.33 bits per heavy atom. The number of rotatable bonds is 6. The van der Waals surface area contributed by atoms with Crippen LogP contribution in [0.15, 0.2) is 36.4 Å². The van der Waals surface area contributed by atoms with Gasteiger partial charge in [0.05, 0.1) is 18.0 Å². The Labute approximate surface area is 166 Å². The molecule has 27 heavy (non-hydrogen) atoms. The van der Waals surface area contributed by atoms with Gasteiger partial charge >= 0.3 is 0 Å². The van der Waals surface area contributed by atoms with Crippen LogP contribution in [0.4, 0.5) is 5.69 Å². The van der Waals surface area contributed by atoms with Gasteiger partial charge in [0.25, 0.3) is 0 Å². The van der Waals surface area contributed by atoms with Crippen molar-refractivity contribution < 1.29 is 13.2 Å². The fourth-order valence-electron chi connectivity index (χ4n) is 2.86. The van der Waals surface area contributed by atoms with Crippen LogP contribution in [0.25, 0.3) is 0 Å². The zero-order valence-corrected chi connectivity index (χ0v) is 17.8. The molecule has 0 heterocycles. The van der Waals surface area contributed by atoms with E-state index in [1.807, 2.05) is 45.9 Å². The molecule has 0 aromatic heterocycles. The van der Waals surface area contributed by atoms with Crippen molar-refractivity contribution in [2.24, 2.45) is 0 Å². The summed E-state index contributed by atoms with van der Waals surface area (Å²) in [6.45, 7) is 7.37. The number of halogens is 1. The van der Waals surface area contributed by atoms with Crippen LogP contribution in [0.2, 0.25) is 5.02 Å². The van der Waals surface area contributed by atoms with Gasteiger partial charge in [-0.15, -0.1) is 0 Å². The summed E-state index contributed by atoms with van der Waals surface area (Å²) in [4.78, 5) is 12.6. The summed E-state index contributed by atoms with van der Waals surface area (Å²) in [5.41, 5.74) is 4.37. The first-order valence-electron chi connectivity index (χ1n) is 8.59. The van der Waals surface area contributed by atoms with Crippen LogP contribution >= 0.6 is 11.6 Å². The number of carbonyl (C=O) groups excluding carboxylic acids is 1. The third kappa shape index (κ3) is 5.47. The zero-order chi connectivity index (χ0) is 20.4. The molecule has 0 saturated heterocycles. The number of anilines is 1. The van der Waals surface area contributed by atoms with Gasteiger partial charge in [-0.25, -0.2) is 8.42 Å². The average molecular weight is 409 g/mol. The van der Waals surface area contributed by atoms with Crippen LogP contribution in [0.3, 0.4) is 0 Å². The van der Waals surface area contributed by atoms with Gasteiger partial charge < -0.3 is 5.32 Å². The molecule has 0 saturated carbocycles. The molecule has 1 atom stereocenters. The monoisotopic (exact) mass is 408 g/mol. The van der Waals surface area contributed by atoms with E-state index in [4.69, 9.17) is 11.6 Å². The minimum Gasteiger partial charge on any atom is -0.348 e. The first-order chi connectivity index (χ1) is 12.5. The molecule has 1 amide bonds. The molecule has 0 bridgehead atoms. The molecular weight excluding hydrogens is 384 g/mol. The lowest BCUT2D eigenvalue weighted by Crippen LogP contribution is -2.41. The lowest BCUT2D eigenvalue weighted by atomic mass is 10.00. The molecule has 0 fully saturated rings. The highest BCUT2D eigenvalue weighted by Gasteiger charge is 2.22. The molecule has 2 rings (SSSR count). The molecule has 0 radical (unpaired) electrons. The SMILES string of the molecule is Cc1ccc(C)c([C@H](C)NC(=O)CN(c2ccc(C)c(Cl)c2)S(C)(=O)=O)c1. The minimum atomic E-state index is -3.64. The number of aryl methyl sites for hydroxylation is 3. The van der Waals surface area contributed by atoms with Crippen LogP contribution < -0.4 is 9.62 Å². The Morgan fingerprint density at radius 2 is 1.74 bits per heavy atom. The van der Waals surface area contributed by atoms with Crippen molar-refractivity contribution in [2.45, 2.75) is 33.7 Å². The molecule has 0 spiro atoms. The molecule has 146 valence electrons. The van der Waals surface area contributed by atoms with Gasteiger partial charge in [0, 0.05) is 5.02 Å². The quantitative estimate of drug-likeness (QED) is 0.787. The number of amides is 1. The predicted molar refractivity (Wildman–Crippen MR) is 111 cm³/mol. The second-order valence-corrected chi connectivity index (χ2v) is 9.17. The second-order valence-electron chi connectivity index (χ2n) is 6.85. The lowest BCUT2D eigenvalue weighted by molar-refractivity contribution is -0.120. The highest BCUT2D eigenvalue weighted by molar-refractivity contribution is 7.92. The number of hydrogen-bond acceptors (Lipinski definition) is 3. The number of benzene rings is 2. The van der Waals surface area contributed by atoms with Crippen LogP contribution in [0.1, 0.15) is 35.2 Å². The van der Waals surface area contributed by atoms with Gasteiger partial charge in [-0.1, -0.05) is 41.4 Å². The molecule has 7 heteroatoms. The number of sulfonamides is 1. The van der Waals surface area contributed by atoms with Gasteiger partial charge in [-0.05, 0) is 56.5 Å². The van der Waals surface area contributed by atoms with Crippen LogP contribution in [0.5, 0.6) is 0 Å². The maximum absolute atomic E-state index is 12.6. The number of hydrogen-bond donors (Lipinski definition) is 1. The smallest absolute Gasteiger partial charge is 0.241 e. The summed E-state index contributed by atoms with van der Waals surface area (Å²) in [6.07, 6.45) is 1.07. The van der Waals surface area contributed by atoms with Crippen LogP contribution in [-0.4, -0.2) is 27.1 Å². The largest absolute Gasteiger partial charge is 0.348 e. The fourth-order valence-corrected chi connectivity index (χ4v) is 3.88. The summed E-state index contributed by atoms with van der Waals surface area (Å²) >= 11 is 6.12. The average Bonchev–Trinajstić information content (AvgIpc) is 2.56. The number of nitrogens with one attached hydrogen (secondary N) is 1. The fraction of sp³-hybridized carbons (Fsp3) is 0.350. The van der Waals surface area contributed by atoms with Gasteiger partial charge in [0.15, 0.2) is 0 Å². The highest BCUT2D eigenvalue weighted by atomic mass is 35.5. The highest BCUT2D eigenvalue weighted by Crippen LogP contribution is 2.25. The van der Waals surface area contributed by atoms with E-state index in [9.17, 15) is 13.2 Å². The Hall–Kier alpha value is -2.05. The molecule has 0 aliphatic carbocycles. The van der Waals surface area contributed by atoms with Gasteiger partial charge in [-0.3, -0.25) is 9.10 Å². The molecule has 0 aliphatic heterocycles. The van der Waals surface area contributed by atoms with E-state index in [0.29, 0.717) is 10.7 Å². The van der Waals surface area contributed by atoms with E-state index in [0.717, 1.165) is 32.8 Å². The zero-order valence-electron chi connectivity index (χ0n) is 16.2. The summed E-state index contributed by atoms with van der Waals surface area (Å²) in [5, 5.41) is 3.33. The number of carbonyl (C=O) groups is 1. The molecule has 0 unspecified atom stereocenters.